The number of aryl methyl sites for hydroxylation is 1. The van der Waals surface area contributed by atoms with E-state index >= 15 is 0 Å². The largest absolute Gasteiger partial charge is 0.481 e. The number of hydrogen-bond acceptors (Lipinski definition) is 5. The van der Waals surface area contributed by atoms with E-state index < -0.39 is 5.97 Å². The molecule has 1 aromatic heterocycles. The predicted octanol–water partition coefficient (Wildman–Crippen LogP) is 3.48. The van der Waals surface area contributed by atoms with Crippen LogP contribution in [-0.4, -0.2) is 34.1 Å². The van der Waals surface area contributed by atoms with Crippen molar-refractivity contribution in [2.24, 2.45) is 5.92 Å². The van der Waals surface area contributed by atoms with Crippen molar-refractivity contribution in [3.8, 4) is 0 Å². The molecule has 7 heteroatoms. The van der Waals surface area contributed by atoms with E-state index in [9.17, 15) is 9.90 Å². The molecule has 2 N–H and O–H groups in total. The van der Waals surface area contributed by atoms with Crippen LogP contribution in [0.5, 0.6) is 0 Å². The number of carbonyl (C=O) groups is 1. The van der Waals surface area contributed by atoms with Gasteiger partial charge in [-0.2, -0.15) is 0 Å². The molecule has 1 aliphatic rings. The Balaban J connectivity index is 1.80. The fraction of sp³-hybridized carbons (Fsp3) is 0.353. The first-order valence-electron chi connectivity index (χ1n) is 7.87. The number of hydrogen-bond donors (Lipinski definition) is 2. The van der Waals surface area contributed by atoms with E-state index in [4.69, 9.17) is 11.6 Å². The molecular weight excluding hydrogens is 328 g/mol. The number of carboxylic acid groups (broad SMARTS) is 1. The van der Waals surface area contributed by atoms with Crippen LogP contribution in [0.3, 0.4) is 0 Å². The highest BCUT2D eigenvalue weighted by molar-refractivity contribution is 6.30. The molecule has 0 aliphatic carbocycles. The summed E-state index contributed by atoms with van der Waals surface area (Å²) in [6.07, 6.45) is 1.56. The van der Waals surface area contributed by atoms with E-state index in [-0.39, 0.29) is 5.92 Å². The third-order valence-corrected chi connectivity index (χ3v) is 4.29. The molecule has 0 saturated carbocycles. The highest BCUT2D eigenvalue weighted by atomic mass is 35.5. The summed E-state index contributed by atoms with van der Waals surface area (Å²) in [6.45, 7) is 3.11. The van der Waals surface area contributed by atoms with E-state index in [0.29, 0.717) is 29.6 Å². The number of nitrogens with zero attached hydrogens (tertiary/aromatic N) is 3. The lowest BCUT2D eigenvalue weighted by atomic mass is 9.98. The van der Waals surface area contributed by atoms with Crippen molar-refractivity contribution in [3.05, 3.63) is 41.2 Å². The smallest absolute Gasteiger partial charge is 0.308 e. The molecule has 1 atom stereocenters. The van der Waals surface area contributed by atoms with E-state index in [1.165, 1.54) is 0 Å². The van der Waals surface area contributed by atoms with Crippen molar-refractivity contribution >= 4 is 34.9 Å². The summed E-state index contributed by atoms with van der Waals surface area (Å²) in [6, 6.07) is 9.22. The van der Waals surface area contributed by atoms with Crippen LogP contribution in [0.25, 0.3) is 0 Å². The van der Waals surface area contributed by atoms with Crippen LogP contribution < -0.4 is 10.2 Å². The zero-order valence-electron chi connectivity index (χ0n) is 13.4. The number of nitrogens with one attached hydrogen (secondary N) is 1. The van der Waals surface area contributed by atoms with Gasteiger partial charge in [-0.15, -0.1) is 0 Å². The van der Waals surface area contributed by atoms with Crippen molar-refractivity contribution < 1.29 is 9.90 Å². The fourth-order valence-electron chi connectivity index (χ4n) is 2.85. The van der Waals surface area contributed by atoms with Gasteiger partial charge in [-0.05, 0) is 44.0 Å². The Morgan fingerprint density at radius 3 is 2.79 bits per heavy atom. The second kappa shape index (κ2) is 7.05. The molecule has 0 radical (unpaired) electrons. The van der Waals surface area contributed by atoms with E-state index in [1.54, 1.807) is 12.1 Å². The summed E-state index contributed by atoms with van der Waals surface area (Å²) in [4.78, 5) is 22.1. The van der Waals surface area contributed by atoms with Crippen LogP contribution in [-0.2, 0) is 4.79 Å². The molecule has 0 spiro atoms. The maximum absolute atomic E-state index is 11.3. The molecule has 1 saturated heterocycles. The van der Waals surface area contributed by atoms with Gasteiger partial charge in [0.15, 0.2) is 0 Å². The fourth-order valence-corrected chi connectivity index (χ4v) is 2.97. The van der Waals surface area contributed by atoms with Crippen LogP contribution in [0.1, 0.15) is 18.7 Å². The molecule has 2 aromatic rings. The Hall–Kier alpha value is -2.34. The molecule has 0 bridgehead atoms. The van der Waals surface area contributed by atoms with Crippen molar-refractivity contribution in [1.82, 2.24) is 9.97 Å². The second-order valence-electron chi connectivity index (χ2n) is 5.91. The maximum atomic E-state index is 11.3. The number of anilines is 3. The highest BCUT2D eigenvalue weighted by Gasteiger charge is 2.26. The first kappa shape index (κ1) is 16.5. The summed E-state index contributed by atoms with van der Waals surface area (Å²) in [5, 5.41) is 13.2. The van der Waals surface area contributed by atoms with E-state index in [2.05, 4.69) is 15.3 Å². The third kappa shape index (κ3) is 3.94. The normalized spacial score (nSPS) is 17.6. The Labute approximate surface area is 145 Å². The van der Waals surface area contributed by atoms with Gasteiger partial charge in [-0.1, -0.05) is 11.6 Å². The van der Waals surface area contributed by atoms with Crippen LogP contribution in [0.2, 0.25) is 5.02 Å². The summed E-state index contributed by atoms with van der Waals surface area (Å²) >= 11 is 5.90. The number of benzene rings is 1. The van der Waals surface area contributed by atoms with Crippen molar-refractivity contribution in [1.29, 1.82) is 0 Å². The molecule has 3 rings (SSSR count). The molecule has 1 aliphatic heterocycles. The van der Waals surface area contributed by atoms with Gasteiger partial charge >= 0.3 is 5.97 Å². The topological polar surface area (TPSA) is 78.4 Å². The summed E-state index contributed by atoms with van der Waals surface area (Å²) in [5.41, 5.74) is 0.880. The number of aromatic nitrogens is 2. The Morgan fingerprint density at radius 2 is 2.08 bits per heavy atom. The summed E-state index contributed by atoms with van der Waals surface area (Å²) in [7, 11) is 0. The van der Waals surface area contributed by atoms with E-state index in [0.717, 1.165) is 24.5 Å². The standard InChI is InChI=1S/C17H19ClN4O2/c1-11-19-15(21-14-6-4-13(18)5-7-14)9-16(20-11)22-8-2-3-12(10-22)17(23)24/h4-7,9,12H,2-3,8,10H2,1H3,(H,23,24)(H,19,20,21)/t12-/m0/s1. The summed E-state index contributed by atoms with van der Waals surface area (Å²) in [5.74, 6) is 0.982. The maximum Gasteiger partial charge on any atom is 0.308 e. The molecule has 6 nitrogen and oxygen atoms in total. The van der Waals surface area contributed by atoms with Crippen molar-refractivity contribution in [3.63, 3.8) is 0 Å². The van der Waals surface area contributed by atoms with Crippen LogP contribution in [0, 0.1) is 12.8 Å². The first-order valence-corrected chi connectivity index (χ1v) is 8.25. The van der Waals surface area contributed by atoms with Crippen LogP contribution >= 0.6 is 11.6 Å². The Bertz CT molecular complexity index is 736. The van der Waals surface area contributed by atoms with Gasteiger partial charge < -0.3 is 15.3 Å². The molecular formula is C17H19ClN4O2. The molecule has 0 amide bonds. The lowest BCUT2D eigenvalue weighted by molar-refractivity contribution is -0.141. The molecule has 126 valence electrons. The van der Waals surface area contributed by atoms with Gasteiger partial charge in [0.05, 0.1) is 5.92 Å². The SMILES string of the molecule is Cc1nc(Nc2ccc(Cl)cc2)cc(N2CCC[C@H](C(=O)O)C2)n1. The monoisotopic (exact) mass is 346 g/mol. The average Bonchev–Trinajstić information content (AvgIpc) is 2.56. The third-order valence-electron chi connectivity index (χ3n) is 4.04. The minimum atomic E-state index is -0.745. The van der Waals surface area contributed by atoms with Gasteiger partial charge in [0, 0.05) is 29.9 Å². The number of halogens is 1. The first-order chi connectivity index (χ1) is 11.5. The van der Waals surface area contributed by atoms with Crippen molar-refractivity contribution in [2.75, 3.05) is 23.3 Å². The average molecular weight is 347 g/mol. The Morgan fingerprint density at radius 1 is 1.33 bits per heavy atom. The number of piperidine rings is 1. The number of rotatable bonds is 4. The molecule has 1 aromatic carbocycles. The van der Waals surface area contributed by atoms with Gasteiger partial charge in [-0.3, -0.25) is 4.79 Å². The molecule has 2 heterocycles. The van der Waals surface area contributed by atoms with Crippen LogP contribution in [0.15, 0.2) is 30.3 Å². The lowest BCUT2D eigenvalue weighted by Gasteiger charge is -2.31. The predicted molar refractivity (Wildman–Crippen MR) is 94.1 cm³/mol. The van der Waals surface area contributed by atoms with Gasteiger partial charge in [0.25, 0.3) is 0 Å². The van der Waals surface area contributed by atoms with Gasteiger partial charge in [0.2, 0.25) is 0 Å². The quantitative estimate of drug-likeness (QED) is 0.882. The van der Waals surface area contributed by atoms with Gasteiger partial charge in [0.1, 0.15) is 17.5 Å². The Kier molecular flexibility index (Phi) is 4.85. The second-order valence-corrected chi connectivity index (χ2v) is 6.35. The molecule has 0 unspecified atom stereocenters. The van der Waals surface area contributed by atoms with Crippen molar-refractivity contribution in [2.45, 2.75) is 19.8 Å². The van der Waals surface area contributed by atoms with Crippen LogP contribution in [0.4, 0.5) is 17.3 Å². The number of carboxylic acids is 1. The number of aliphatic carboxylic acids is 1. The minimum absolute atomic E-state index is 0.346. The highest BCUT2D eigenvalue weighted by Crippen LogP contribution is 2.25. The lowest BCUT2D eigenvalue weighted by Crippen LogP contribution is -2.39. The molecule has 1 fully saturated rings. The summed E-state index contributed by atoms with van der Waals surface area (Å²) < 4.78 is 0. The minimum Gasteiger partial charge on any atom is -0.481 e. The van der Waals surface area contributed by atoms with E-state index in [1.807, 2.05) is 30.0 Å². The zero-order chi connectivity index (χ0) is 17.1. The molecule has 24 heavy (non-hydrogen) atoms. The zero-order valence-corrected chi connectivity index (χ0v) is 14.1. The van der Waals surface area contributed by atoms with Gasteiger partial charge in [-0.25, -0.2) is 9.97 Å².